The van der Waals surface area contributed by atoms with E-state index in [0.717, 1.165) is 48.3 Å². The van der Waals surface area contributed by atoms with Crippen LogP contribution < -0.4 is 0 Å². The first-order valence-electron chi connectivity index (χ1n) is 14.2. The van der Waals surface area contributed by atoms with Crippen molar-refractivity contribution in [1.82, 2.24) is 0 Å². The Balaban J connectivity index is 1.30. The van der Waals surface area contributed by atoms with Gasteiger partial charge in [0.2, 0.25) is 0 Å². The Bertz CT molecular complexity index is 1060. The maximum atomic E-state index is 14.9. The summed E-state index contributed by atoms with van der Waals surface area (Å²) in [6, 6.07) is 6.41. The fraction of sp³-hybridized carbons (Fsp3) is 0.562. The van der Waals surface area contributed by atoms with E-state index in [-0.39, 0.29) is 17.2 Å². The molecule has 0 amide bonds. The fourth-order valence-corrected chi connectivity index (χ4v) is 6.70. The van der Waals surface area contributed by atoms with Gasteiger partial charge in [0.25, 0.3) is 0 Å². The van der Waals surface area contributed by atoms with Crippen molar-refractivity contribution in [3.05, 3.63) is 65.0 Å². The van der Waals surface area contributed by atoms with Crippen molar-refractivity contribution in [2.24, 2.45) is 23.7 Å². The molecule has 208 valence electrons. The van der Waals surface area contributed by atoms with Crippen molar-refractivity contribution in [1.29, 1.82) is 0 Å². The highest BCUT2D eigenvalue weighted by Gasteiger charge is 2.30. The zero-order chi connectivity index (χ0) is 27.3. The summed E-state index contributed by atoms with van der Waals surface area (Å²) in [6.07, 6.45) is 10.5. The zero-order valence-corrected chi connectivity index (χ0v) is 22.1. The third-order valence-corrected chi connectivity index (χ3v) is 8.85. The van der Waals surface area contributed by atoms with E-state index in [9.17, 15) is 26.3 Å². The number of rotatable bonds is 8. The Morgan fingerprint density at radius 1 is 0.737 bits per heavy atom. The summed E-state index contributed by atoms with van der Waals surface area (Å²) in [6.45, 7) is 2.28. The molecule has 0 aromatic heterocycles. The lowest BCUT2D eigenvalue weighted by Gasteiger charge is -2.38. The molecule has 2 fully saturated rings. The van der Waals surface area contributed by atoms with Crippen molar-refractivity contribution in [2.45, 2.75) is 90.1 Å². The molecule has 6 heteroatoms. The predicted molar refractivity (Wildman–Crippen MR) is 141 cm³/mol. The Morgan fingerprint density at radius 3 is 1.79 bits per heavy atom. The Labute approximate surface area is 222 Å². The van der Waals surface area contributed by atoms with Gasteiger partial charge in [0, 0.05) is 17.2 Å². The quantitative estimate of drug-likeness (QED) is 0.294. The van der Waals surface area contributed by atoms with E-state index < -0.39 is 29.2 Å². The maximum Gasteiger partial charge on any atom is 0.409 e. The van der Waals surface area contributed by atoms with Crippen LogP contribution in [0.1, 0.15) is 88.7 Å². The van der Waals surface area contributed by atoms with Gasteiger partial charge in [-0.3, -0.25) is 0 Å². The fourth-order valence-electron chi connectivity index (χ4n) is 6.70. The van der Waals surface area contributed by atoms with E-state index in [1.54, 1.807) is 6.07 Å². The van der Waals surface area contributed by atoms with E-state index >= 15 is 0 Å². The summed E-state index contributed by atoms with van der Waals surface area (Å²) in [5.41, 5.74) is 0.0117. The lowest BCUT2D eigenvalue weighted by molar-refractivity contribution is -0.0790. The Morgan fingerprint density at radius 2 is 1.29 bits per heavy atom. The van der Waals surface area contributed by atoms with Crippen LogP contribution in [0.2, 0.25) is 0 Å². The Hall–Kier alpha value is -2.24. The number of alkyl halides is 3. The van der Waals surface area contributed by atoms with Crippen LogP contribution in [0.25, 0.3) is 17.2 Å². The highest BCUT2D eigenvalue weighted by molar-refractivity contribution is 5.67. The van der Waals surface area contributed by atoms with Gasteiger partial charge in [-0.25, -0.2) is 13.2 Å². The topological polar surface area (TPSA) is 0 Å². The molecule has 2 saturated carbocycles. The molecular weight excluding hydrogens is 498 g/mol. The molecule has 2 aliphatic carbocycles. The van der Waals surface area contributed by atoms with Gasteiger partial charge in [-0.1, -0.05) is 57.6 Å². The van der Waals surface area contributed by atoms with Crippen LogP contribution in [-0.2, 0) is 6.42 Å². The first-order chi connectivity index (χ1) is 18.1. The standard InChI is InChI=1S/C32H38F6/c1-2-3-21-6-11-24(12-7-21)25-13-8-22(9-14-25)4-5-23-10-15-27(29(33)18-23)26-19-30(34)28(31(35)20-26)16-17-32(36,37)38/h10,15-22,24-25H,2-9,11-14H2,1H3/b17-16+. The molecule has 0 nitrogen and oxygen atoms in total. The summed E-state index contributed by atoms with van der Waals surface area (Å²) in [7, 11) is 0. The Kier molecular flexibility index (Phi) is 9.64. The molecule has 0 spiro atoms. The lowest BCUT2D eigenvalue weighted by Crippen LogP contribution is -2.26. The minimum atomic E-state index is -4.69. The minimum Gasteiger partial charge on any atom is -0.206 e. The molecule has 0 radical (unpaired) electrons. The summed E-state index contributed by atoms with van der Waals surface area (Å²) in [5.74, 6) is 0.407. The van der Waals surface area contributed by atoms with Gasteiger partial charge in [-0.2, -0.15) is 13.2 Å². The van der Waals surface area contributed by atoms with Gasteiger partial charge in [0.15, 0.2) is 0 Å². The molecular formula is C32H38F6. The molecule has 0 unspecified atom stereocenters. The number of benzene rings is 2. The molecule has 0 heterocycles. The van der Waals surface area contributed by atoms with Gasteiger partial charge in [0.1, 0.15) is 17.5 Å². The van der Waals surface area contributed by atoms with E-state index in [4.69, 9.17) is 0 Å². The van der Waals surface area contributed by atoms with Crippen LogP contribution in [0.4, 0.5) is 26.3 Å². The van der Waals surface area contributed by atoms with Gasteiger partial charge in [-0.05, 0) is 97.6 Å². The van der Waals surface area contributed by atoms with Gasteiger partial charge >= 0.3 is 6.18 Å². The molecule has 0 aliphatic heterocycles. The van der Waals surface area contributed by atoms with E-state index in [2.05, 4.69) is 6.92 Å². The third-order valence-electron chi connectivity index (χ3n) is 8.85. The summed E-state index contributed by atoms with van der Waals surface area (Å²) >= 11 is 0. The number of hydrogen-bond acceptors (Lipinski definition) is 0. The van der Waals surface area contributed by atoms with Crippen molar-refractivity contribution in [3.8, 4) is 11.1 Å². The van der Waals surface area contributed by atoms with E-state index in [0.29, 0.717) is 12.0 Å². The molecule has 0 N–H and O–H groups in total. The van der Waals surface area contributed by atoms with E-state index in [1.807, 2.05) is 0 Å². The van der Waals surface area contributed by atoms with Crippen LogP contribution in [0.15, 0.2) is 36.4 Å². The predicted octanol–water partition coefficient (Wildman–Crippen LogP) is 10.7. The second-order valence-electron chi connectivity index (χ2n) is 11.4. The molecule has 0 saturated heterocycles. The van der Waals surface area contributed by atoms with Crippen LogP contribution >= 0.6 is 0 Å². The monoisotopic (exact) mass is 536 g/mol. The number of halogens is 6. The maximum absolute atomic E-state index is 14.9. The normalized spacial score (nSPS) is 24.7. The first kappa shape index (κ1) is 28.8. The molecule has 0 atom stereocenters. The number of allylic oxidation sites excluding steroid dienone is 1. The average Bonchev–Trinajstić information content (AvgIpc) is 2.87. The highest BCUT2D eigenvalue weighted by Crippen LogP contribution is 2.43. The SMILES string of the molecule is CCCC1CCC(C2CCC(CCc3ccc(-c4cc(F)c(/C=C/C(F)(F)F)c(F)c4)c(F)c3)CC2)CC1. The third kappa shape index (κ3) is 7.66. The smallest absolute Gasteiger partial charge is 0.206 e. The summed E-state index contributed by atoms with van der Waals surface area (Å²) < 4.78 is 80.6. The molecule has 4 rings (SSSR count). The second-order valence-corrected chi connectivity index (χ2v) is 11.4. The molecule has 2 aromatic carbocycles. The molecule has 2 aromatic rings. The number of aryl methyl sites for hydroxylation is 1. The second kappa shape index (κ2) is 12.7. The van der Waals surface area contributed by atoms with Crippen LogP contribution in [0.3, 0.4) is 0 Å². The lowest BCUT2D eigenvalue weighted by atomic mass is 9.68. The van der Waals surface area contributed by atoms with Crippen LogP contribution in [-0.4, -0.2) is 6.18 Å². The number of hydrogen-bond donors (Lipinski definition) is 0. The van der Waals surface area contributed by atoms with E-state index in [1.165, 1.54) is 76.3 Å². The molecule has 0 bridgehead atoms. The van der Waals surface area contributed by atoms with Crippen molar-refractivity contribution < 1.29 is 26.3 Å². The zero-order valence-electron chi connectivity index (χ0n) is 22.1. The minimum absolute atomic E-state index is 0.0204. The van der Waals surface area contributed by atoms with Crippen LogP contribution in [0, 0.1) is 41.1 Å². The highest BCUT2D eigenvalue weighted by atomic mass is 19.4. The first-order valence-corrected chi connectivity index (χ1v) is 14.2. The summed E-state index contributed by atoms with van der Waals surface area (Å²) in [4.78, 5) is 0. The van der Waals surface area contributed by atoms with Gasteiger partial charge in [0.05, 0.1) is 0 Å². The van der Waals surface area contributed by atoms with Crippen molar-refractivity contribution in [3.63, 3.8) is 0 Å². The molecule has 2 aliphatic rings. The van der Waals surface area contributed by atoms with Gasteiger partial charge in [-0.15, -0.1) is 0 Å². The average molecular weight is 537 g/mol. The summed E-state index contributed by atoms with van der Waals surface area (Å²) in [5, 5.41) is 0. The molecule has 38 heavy (non-hydrogen) atoms. The largest absolute Gasteiger partial charge is 0.409 e. The van der Waals surface area contributed by atoms with Crippen molar-refractivity contribution >= 4 is 6.08 Å². The van der Waals surface area contributed by atoms with Gasteiger partial charge < -0.3 is 0 Å². The van der Waals surface area contributed by atoms with Crippen molar-refractivity contribution in [2.75, 3.05) is 0 Å². The van der Waals surface area contributed by atoms with Crippen LogP contribution in [0.5, 0.6) is 0 Å².